The highest BCUT2D eigenvalue weighted by molar-refractivity contribution is 5.01. The molecule has 2 nitrogen and oxygen atoms in total. The largest absolute Gasteiger partial charge is 0.312 e. The van der Waals surface area contributed by atoms with Crippen molar-refractivity contribution in [1.29, 1.82) is 0 Å². The third-order valence-electron chi connectivity index (χ3n) is 5.06. The Kier molecular flexibility index (Phi) is 5.67. The smallest absolute Gasteiger partial charge is 0.0274 e. The zero-order valence-corrected chi connectivity index (χ0v) is 13.6. The van der Waals surface area contributed by atoms with Crippen LogP contribution >= 0.6 is 0 Å². The van der Waals surface area contributed by atoms with Gasteiger partial charge < -0.3 is 5.32 Å². The third-order valence-corrected chi connectivity index (χ3v) is 5.06. The summed E-state index contributed by atoms with van der Waals surface area (Å²) in [6, 6.07) is 2.00. The van der Waals surface area contributed by atoms with E-state index in [1.807, 2.05) is 0 Å². The fraction of sp³-hybridized carbons (Fsp3) is 1.00. The molecule has 0 aromatic rings. The first-order valence-corrected chi connectivity index (χ1v) is 7.76. The van der Waals surface area contributed by atoms with Gasteiger partial charge in [0, 0.05) is 18.1 Å². The predicted octanol–water partition coefficient (Wildman–Crippen LogP) is 3.52. The van der Waals surface area contributed by atoms with Crippen molar-refractivity contribution >= 4 is 0 Å². The van der Waals surface area contributed by atoms with Gasteiger partial charge in [0.25, 0.3) is 0 Å². The van der Waals surface area contributed by atoms with Crippen molar-refractivity contribution in [2.75, 3.05) is 13.6 Å². The molecule has 0 saturated heterocycles. The van der Waals surface area contributed by atoms with Crippen molar-refractivity contribution in [3.8, 4) is 0 Å². The van der Waals surface area contributed by atoms with Gasteiger partial charge in [-0.15, -0.1) is 0 Å². The summed E-state index contributed by atoms with van der Waals surface area (Å²) in [5.74, 6) is 0.727. The van der Waals surface area contributed by atoms with Crippen LogP contribution in [0, 0.1) is 11.3 Å². The summed E-state index contributed by atoms with van der Waals surface area (Å²) in [7, 11) is 2.32. The van der Waals surface area contributed by atoms with Crippen LogP contribution in [-0.2, 0) is 0 Å². The van der Waals surface area contributed by atoms with Gasteiger partial charge in [-0.05, 0) is 51.1 Å². The molecule has 1 rings (SSSR count). The molecule has 0 spiro atoms. The Hall–Kier alpha value is -0.0800. The van der Waals surface area contributed by atoms with E-state index in [0.717, 1.165) is 12.5 Å². The second-order valence-corrected chi connectivity index (χ2v) is 7.18. The van der Waals surface area contributed by atoms with Gasteiger partial charge in [-0.2, -0.15) is 0 Å². The van der Waals surface area contributed by atoms with Gasteiger partial charge in [0.1, 0.15) is 0 Å². The topological polar surface area (TPSA) is 15.3 Å². The molecule has 1 N–H and O–H groups in total. The lowest BCUT2D eigenvalue weighted by atomic mass is 9.86. The molecule has 18 heavy (non-hydrogen) atoms. The molecule has 1 aliphatic rings. The first-order valence-electron chi connectivity index (χ1n) is 7.76. The molecular weight excluding hydrogens is 220 g/mol. The van der Waals surface area contributed by atoms with Gasteiger partial charge in [-0.3, -0.25) is 4.90 Å². The molecule has 3 atom stereocenters. The van der Waals surface area contributed by atoms with Crippen LogP contribution in [0.4, 0.5) is 0 Å². The van der Waals surface area contributed by atoms with Crippen LogP contribution < -0.4 is 5.32 Å². The van der Waals surface area contributed by atoms with E-state index in [-0.39, 0.29) is 0 Å². The lowest BCUT2D eigenvalue weighted by molar-refractivity contribution is 0.112. The van der Waals surface area contributed by atoms with Crippen molar-refractivity contribution in [3.05, 3.63) is 0 Å². The Morgan fingerprint density at radius 3 is 2.39 bits per heavy atom. The van der Waals surface area contributed by atoms with E-state index in [2.05, 4.69) is 58.8 Å². The van der Waals surface area contributed by atoms with Crippen LogP contribution in [0.1, 0.15) is 60.8 Å². The highest BCUT2D eigenvalue weighted by Gasteiger charge is 2.44. The van der Waals surface area contributed by atoms with Crippen molar-refractivity contribution in [3.63, 3.8) is 0 Å². The molecule has 3 unspecified atom stereocenters. The van der Waals surface area contributed by atoms with E-state index >= 15 is 0 Å². The fourth-order valence-electron chi connectivity index (χ4n) is 3.29. The average molecular weight is 254 g/mol. The summed E-state index contributed by atoms with van der Waals surface area (Å²) in [6.45, 7) is 15.3. The van der Waals surface area contributed by atoms with Crippen molar-refractivity contribution in [2.24, 2.45) is 11.3 Å². The summed E-state index contributed by atoms with van der Waals surface area (Å²) in [6.07, 6.45) is 3.90. The van der Waals surface area contributed by atoms with E-state index in [1.165, 1.54) is 19.3 Å². The lowest BCUT2D eigenvalue weighted by Crippen LogP contribution is -2.53. The van der Waals surface area contributed by atoms with Gasteiger partial charge in [0.15, 0.2) is 0 Å². The Bertz CT molecular complexity index is 247. The van der Waals surface area contributed by atoms with E-state index in [9.17, 15) is 0 Å². The molecule has 108 valence electrons. The Labute approximate surface area is 115 Å². The van der Waals surface area contributed by atoms with E-state index in [0.29, 0.717) is 23.5 Å². The number of nitrogens with one attached hydrogen (secondary N) is 1. The van der Waals surface area contributed by atoms with E-state index in [4.69, 9.17) is 0 Å². The van der Waals surface area contributed by atoms with Crippen LogP contribution in [0.3, 0.4) is 0 Å². The standard InChI is InChI=1S/C16H34N2/c1-8-11-17-15-14(9-10-16(15,5)6)18(7)13(4)12(2)3/h12-15,17H,8-11H2,1-7H3. The zero-order valence-electron chi connectivity index (χ0n) is 13.6. The van der Waals surface area contributed by atoms with E-state index < -0.39 is 0 Å². The summed E-state index contributed by atoms with van der Waals surface area (Å²) in [4.78, 5) is 2.62. The van der Waals surface area contributed by atoms with Gasteiger partial charge >= 0.3 is 0 Å². The van der Waals surface area contributed by atoms with Gasteiger partial charge in [-0.25, -0.2) is 0 Å². The Morgan fingerprint density at radius 2 is 1.89 bits per heavy atom. The van der Waals surface area contributed by atoms with Crippen LogP contribution in [0.2, 0.25) is 0 Å². The van der Waals surface area contributed by atoms with Crippen molar-refractivity contribution in [1.82, 2.24) is 10.2 Å². The molecule has 0 heterocycles. The van der Waals surface area contributed by atoms with Crippen molar-refractivity contribution in [2.45, 2.75) is 78.9 Å². The fourth-order valence-corrected chi connectivity index (χ4v) is 3.29. The van der Waals surface area contributed by atoms with Crippen molar-refractivity contribution < 1.29 is 0 Å². The summed E-state index contributed by atoms with van der Waals surface area (Å²) >= 11 is 0. The van der Waals surface area contributed by atoms with Crippen LogP contribution in [0.15, 0.2) is 0 Å². The molecule has 0 aliphatic heterocycles. The summed E-state index contributed by atoms with van der Waals surface area (Å²) in [5.41, 5.74) is 0.435. The maximum Gasteiger partial charge on any atom is 0.0274 e. The Balaban J connectivity index is 2.74. The molecule has 0 aromatic heterocycles. The van der Waals surface area contributed by atoms with Gasteiger partial charge in [0.2, 0.25) is 0 Å². The number of hydrogen-bond donors (Lipinski definition) is 1. The van der Waals surface area contributed by atoms with Crippen LogP contribution in [-0.4, -0.2) is 36.6 Å². The molecule has 0 amide bonds. The molecule has 2 heteroatoms. The number of hydrogen-bond acceptors (Lipinski definition) is 2. The maximum atomic E-state index is 3.80. The van der Waals surface area contributed by atoms with Gasteiger partial charge in [-0.1, -0.05) is 34.6 Å². The molecular formula is C16H34N2. The first-order chi connectivity index (χ1) is 8.31. The third kappa shape index (κ3) is 3.48. The summed E-state index contributed by atoms with van der Waals surface area (Å²) < 4.78 is 0. The van der Waals surface area contributed by atoms with Crippen LogP contribution in [0.25, 0.3) is 0 Å². The minimum absolute atomic E-state index is 0.435. The monoisotopic (exact) mass is 254 g/mol. The highest BCUT2D eigenvalue weighted by Crippen LogP contribution is 2.40. The zero-order chi connectivity index (χ0) is 13.9. The first kappa shape index (κ1) is 16.0. The van der Waals surface area contributed by atoms with Gasteiger partial charge in [0.05, 0.1) is 0 Å². The quantitative estimate of drug-likeness (QED) is 0.780. The maximum absolute atomic E-state index is 3.80. The number of rotatable bonds is 6. The second-order valence-electron chi connectivity index (χ2n) is 7.18. The second kappa shape index (κ2) is 6.38. The minimum Gasteiger partial charge on any atom is -0.312 e. The molecule has 0 bridgehead atoms. The lowest BCUT2D eigenvalue weighted by Gasteiger charge is -2.40. The molecule has 0 radical (unpaired) electrons. The van der Waals surface area contributed by atoms with E-state index in [1.54, 1.807) is 0 Å². The minimum atomic E-state index is 0.435. The molecule has 1 aliphatic carbocycles. The average Bonchev–Trinajstić information content (AvgIpc) is 2.60. The van der Waals surface area contributed by atoms with Crippen LogP contribution in [0.5, 0.6) is 0 Å². The highest BCUT2D eigenvalue weighted by atomic mass is 15.2. The normalized spacial score (nSPS) is 29.2. The number of likely N-dealkylation sites (N-methyl/N-ethyl adjacent to an activating group) is 1. The predicted molar refractivity (Wildman–Crippen MR) is 80.9 cm³/mol. The molecule has 0 aromatic carbocycles. The molecule has 1 fully saturated rings. The molecule has 1 saturated carbocycles. The Morgan fingerprint density at radius 1 is 1.28 bits per heavy atom. The summed E-state index contributed by atoms with van der Waals surface area (Å²) in [5, 5.41) is 3.80. The number of nitrogens with zero attached hydrogens (tertiary/aromatic N) is 1. The SMILES string of the molecule is CCCNC1C(N(C)C(C)C(C)C)CCC1(C)C.